The molecule has 0 aromatic heterocycles. The van der Waals surface area contributed by atoms with E-state index in [2.05, 4.69) is 120 Å². The molecule has 236 valence electrons. The number of rotatable bonds is 9. The SMILES string of the molecule is CC(C)(C)c1ccc(C(C)(C)c2ccc(-c3ccc(Sc4ccc(Oc5ccc(Oc6ccc([OH2+])cc6)cc5)cc4)cc3)cc2)cc1. The quantitative estimate of drug-likeness (QED) is 0.148. The molecule has 0 aliphatic rings. The monoisotopic (exact) mass is 637 g/mol. The fourth-order valence-corrected chi connectivity index (χ4v) is 6.25. The second-order valence-electron chi connectivity index (χ2n) is 13.3. The van der Waals surface area contributed by atoms with E-state index in [4.69, 9.17) is 14.6 Å². The van der Waals surface area contributed by atoms with Gasteiger partial charge in [0.05, 0.1) is 0 Å². The molecule has 0 saturated carbocycles. The lowest BCUT2D eigenvalue weighted by molar-refractivity contribution is 0.461. The van der Waals surface area contributed by atoms with Crippen molar-refractivity contribution in [2.24, 2.45) is 0 Å². The summed E-state index contributed by atoms with van der Waals surface area (Å²) >= 11 is 1.73. The van der Waals surface area contributed by atoms with Crippen molar-refractivity contribution < 1.29 is 14.6 Å². The Morgan fingerprint density at radius 2 is 0.723 bits per heavy atom. The molecule has 0 spiro atoms. The Kier molecular flexibility index (Phi) is 9.15. The molecule has 0 bridgehead atoms. The third kappa shape index (κ3) is 7.90. The first-order valence-corrected chi connectivity index (χ1v) is 16.7. The molecule has 0 amide bonds. The number of ether oxygens (including phenoxy) is 2. The van der Waals surface area contributed by atoms with Gasteiger partial charge in [-0.05, 0) is 106 Å². The Hall–Kier alpha value is -4.93. The lowest BCUT2D eigenvalue weighted by Crippen LogP contribution is -2.19. The maximum atomic E-state index is 7.59. The molecule has 0 radical (unpaired) electrons. The molecule has 0 aliphatic heterocycles. The summed E-state index contributed by atoms with van der Waals surface area (Å²) < 4.78 is 11.9. The molecule has 2 N–H and O–H groups in total. The van der Waals surface area contributed by atoms with Gasteiger partial charge in [-0.2, -0.15) is 0 Å². The number of hydrogen-bond acceptors (Lipinski definition) is 3. The normalized spacial score (nSPS) is 11.7. The first-order chi connectivity index (χ1) is 22.5. The van der Waals surface area contributed by atoms with Crippen LogP contribution >= 0.6 is 11.8 Å². The Morgan fingerprint density at radius 3 is 1.15 bits per heavy atom. The maximum Gasteiger partial charge on any atom is 0.254 e. The van der Waals surface area contributed by atoms with Crippen molar-refractivity contribution in [1.82, 2.24) is 0 Å². The Labute approximate surface area is 282 Å². The number of benzene rings is 6. The van der Waals surface area contributed by atoms with Gasteiger partial charge in [-0.25, -0.2) is 0 Å². The summed E-state index contributed by atoms with van der Waals surface area (Å²) in [6.07, 6.45) is 0. The molecule has 47 heavy (non-hydrogen) atoms. The number of hydrogen-bond donors (Lipinski definition) is 0. The highest BCUT2D eigenvalue weighted by Crippen LogP contribution is 2.36. The summed E-state index contributed by atoms with van der Waals surface area (Å²) in [7, 11) is 0. The van der Waals surface area contributed by atoms with Crippen molar-refractivity contribution in [2.45, 2.75) is 55.2 Å². The van der Waals surface area contributed by atoms with E-state index < -0.39 is 0 Å². The third-order valence-corrected chi connectivity index (χ3v) is 9.49. The average molecular weight is 638 g/mol. The molecule has 6 aromatic rings. The van der Waals surface area contributed by atoms with Crippen LogP contribution in [0.4, 0.5) is 0 Å². The van der Waals surface area contributed by atoms with Crippen LogP contribution < -0.4 is 9.47 Å². The largest absolute Gasteiger partial charge is 0.593 e. The molecule has 6 rings (SSSR count). The zero-order valence-corrected chi connectivity index (χ0v) is 28.4. The van der Waals surface area contributed by atoms with E-state index in [-0.39, 0.29) is 10.8 Å². The van der Waals surface area contributed by atoms with Crippen LogP contribution in [0.1, 0.15) is 51.3 Å². The van der Waals surface area contributed by atoms with Gasteiger partial charge in [-0.1, -0.05) is 107 Å². The molecule has 3 nitrogen and oxygen atoms in total. The first-order valence-electron chi connectivity index (χ1n) is 15.9. The maximum absolute atomic E-state index is 7.59. The summed E-state index contributed by atoms with van der Waals surface area (Å²) in [5, 5.41) is 7.59. The fraction of sp³-hybridized carbons (Fsp3) is 0.163. The zero-order valence-electron chi connectivity index (χ0n) is 27.6. The van der Waals surface area contributed by atoms with Gasteiger partial charge in [-0.15, -0.1) is 0 Å². The van der Waals surface area contributed by atoms with Crippen LogP contribution in [0.2, 0.25) is 0 Å². The molecule has 6 aromatic carbocycles. The molecule has 0 unspecified atom stereocenters. The van der Waals surface area contributed by atoms with Gasteiger partial charge in [0.1, 0.15) is 23.0 Å². The third-order valence-electron chi connectivity index (χ3n) is 8.48. The Bertz CT molecular complexity index is 1900. The zero-order chi connectivity index (χ0) is 33.0. The van der Waals surface area contributed by atoms with Gasteiger partial charge in [0, 0.05) is 27.3 Å². The predicted octanol–water partition coefficient (Wildman–Crippen LogP) is 12.2. The van der Waals surface area contributed by atoms with Crippen LogP contribution in [0.25, 0.3) is 11.1 Å². The highest BCUT2D eigenvalue weighted by Gasteiger charge is 2.24. The minimum Gasteiger partial charge on any atom is -0.593 e. The molecule has 0 aliphatic carbocycles. The standard InChI is InChI=1S/C43H40O3S/c1-42(2,3)32-12-14-34(15-13-32)43(4,5)33-10-6-30(7-11-33)31-8-26-40(27-9-31)47-41-28-24-39(25-29-41)46-38-22-20-37(21-23-38)45-36-18-16-35(44)17-19-36/h6-29,44H,1-5H3/p+1. The van der Waals surface area contributed by atoms with E-state index in [1.165, 1.54) is 32.7 Å². The van der Waals surface area contributed by atoms with Crippen LogP contribution in [0.5, 0.6) is 28.7 Å². The van der Waals surface area contributed by atoms with Gasteiger partial charge in [0.15, 0.2) is 0 Å². The summed E-state index contributed by atoms with van der Waals surface area (Å²) in [4.78, 5) is 2.33. The van der Waals surface area contributed by atoms with Crippen molar-refractivity contribution >= 4 is 11.8 Å². The van der Waals surface area contributed by atoms with E-state index in [0.717, 1.165) is 16.4 Å². The topological polar surface area (TPSA) is 41.4 Å². The molecule has 0 fully saturated rings. The second-order valence-corrected chi connectivity index (χ2v) is 14.5. The van der Waals surface area contributed by atoms with Crippen LogP contribution in [-0.4, -0.2) is 5.11 Å². The van der Waals surface area contributed by atoms with E-state index in [1.807, 2.05) is 36.4 Å². The van der Waals surface area contributed by atoms with E-state index >= 15 is 0 Å². The van der Waals surface area contributed by atoms with Gasteiger partial charge >= 0.3 is 0 Å². The Balaban J connectivity index is 1.04. The lowest BCUT2D eigenvalue weighted by atomic mass is 9.76. The summed E-state index contributed by atoms with van der Waals surface area (Å²) in [5.74, 6) is 3.38. The van der Waals surface area contributed by atoms with Crippen molar-refractivity contribution in [3.63, 3.8) is 0 Å². The molecular formula is C43H41O3S+. The van der Waals surface area contributed by atoms with E-state index in [0.29, 0.717) is 17.2 Å². The molecular weight excluding hydrogens is 597 g/mol. The lowest BCUT2D eigenvalue weighted by Gasteiger charge is -2.28. The highest BCUT2D eigenvalue weighted by atomic mass is 32.2. The van der Waals surface area contributed by atoms with Crippen molar-refractivity contribution in [3.8, 4) is 39.9 Å². The van der Waals surface area contributed by atoms with E-state index in [1.54, 1.807) is 36.0 Å². The van der Waals surface area contributed by atoms with E-state index in [9.17, 15) is 0 Å². The molecule has 0 atom stereocenters. The van der Waals surface area contributed by atoms with Crippen molar-refractivity contribution in [2.75, 3.05) is 0 Å². The van der Waals surface area contributed by atoms with Gasteiger partial charge in [-0.3, -0.25) is 0 Å². The van der Waals surface area contributed by atoms with Crippen LogP contribution in [0.15, 0.2) is 155 Å². The van der Waals surface area contributed by atoms with Crippen molar-refractivity contribution in [3.05, 3.63) is 162 Å². The summed E-state index contributed by atoms with van der Waals surface area (Å²) in [6, 6.07) is 49.5. The van der Waals surface area contributed by atoms with Gasteiger partial charge < -0.3 is 14.6 Å². The minimum absolute atomic E-state index is 0.0767. The van der Waals surface area contributed by atoms with Crippen LogP contribution in [0, 0.1) is 0 Å². The summed E-state index contributed by atoms with van der Waals surface area (Å²) in [6.45, 7) is 11.4. The minimum atomic E-state index is -0.0767. The predicted molar refractivity (Wildman–Crippen MR) is 196 cm³/mol. The first kappa shape index (κ1) is 32.0. The highest BCUT2D eigenvalue weighted by molar-refractivity contribution is 7.99. The summed E-state index contributed by atoms with van der Waals surface area (Å²) in [5.41, 5.74) is 6.50. The van der Waals surface area contributed by atoms with Gasteiger partial charge in [0.2, 0.25) is 0 Å². The molecule has 0 saturated heterocycles. The Morgan fingerprint density at radius 1 is 0.404 bits per heavy atom. The smallest absolute Gasteiger partial charge is 0.254 e. The van der Waals surface area contributed by atoms with Crippen molar-refractivity contribution in [1.29, 1.82) is 0 Å². The fourth-order valence-electron chi connectivity index (χ4n) is 5.43. The molecule has 0 heterocycles. The average Bonchev–Trinajstić information content (AvgIpc) is 3.08. The molecule has 4 heteroatoms. The van der Waals surface area contributed by atoms with Crippen LogP contribution in [-0.2, 0) is 10.8 Å². The van der Waals surface area contributed by atoms with Crippen LogP contribution in [0.3, 0.4) is 0 Å². The van der Waals surface area contributed by atoms with Gasteiger partial charge in [0.25, 0.3) is 5.75 Å². The second kappa shape index (κ2) is 13.4.